The summed E-state index contributed by atoms with van der Waals surface area (Å²) < 4.78 is 12.8. The van der Waals surface area contributed by atoms with Crippen LogP contribution in [0.15, 0.2) is 29.8 Å². The summed E-state index contributed by atoms with van der Waals surface area (Å²) in [5, 5.41) is 0. The molecule has 0 bridgehead atoms. The second-order valence-electron chi connectivity index (χ2n) is 3.23. The fourth-order valence-corrected chi connectivity index (χ4v) is 1.21. The molecule has 1 aromatic carbocycles. The van der Waals surface area contributed by atoms with Crippen LogP contribution in [0.1, 0.15) is 19.4 Å². The summed E-state index contributed by atoms with van der Waals surface area (Å²) in [5.41, 5.74) is 0.594. The van der Waals surface area contributed by atoms with Crippen LogP contribution in [-0.2, 0) is 9.59 Å². The molecule has 0 saturated heterocycles. The zero-order chi connectivity index (χ0) is 11.4. The maximum absolute atomic E-state index is 12.8. The molecule has 0 aromatic heterocycles. The number of hydrogen-bond acceptors (Lipinski definition) is 2. The fraction of sp³-hybridized carbons (Fsp3) is 0.167. The van der Waals surface area contributed by atoms with Gasteiger partial charge in [0.1, 0.15) is 5.82 Å². The average Bonchev–Trinajstić information content (AvgIpc) is 2.13. The van der Waals surface area contributed by atoms with Crippen molar-refractivity contribution in [1.29, 1.82) is 0 Å². The first-order valence-electron chi connectivity index (χ1n) is 4.50. The van der Waals surface area contributed by atoms with Crippen LogP contribution in [0.3, 0.4) is 0 Å². The number of benzene rings is 1. The van der Waals surface area contributed by atoms with Crippen molar-refractivity contribution in [1.82, 2.24) is 0 Å². The van der Waals surface area contributed by atoms with Gasteiger partial charge in [-0.15, -0.1) is 0 Å². The number of ketones is 2. The highest BCUT2D eigenvalue weighted by atomic mass is 19.1. The Labute approximate surface area is 87.4 Å². The largest absolute Gasteiger partial charge is 0.294 e. The van der Waals surface area contributed by atoms with Crippen LogP contribution in [0.2, 0.25) is 0 Å². The van der Waals surface area contributed by atoms with Gasteiger partial charge in [-0.1, -0.05) is 12.1 Å². The SMILES string of the molecule is CC(=O)C(=Cc1cccc(F)c1)C(C)=O. The number of carbonyl (C=O) groups is 2. The highest BCUT2D eigenvalue weighted by Gasteiger charge is 2.09. The zero-order valence-corrected chi connectivity index (χ0v) is 8.58. The molecule has 0 radical (unpaired) electrons. The van der Waals surface area contributed by atoms with E-state index in [0.29, 0.717) is 5.56 Å². The minimum Gasteiger partial charge on any atom is -0.294 e. The van der Waals surface area contributed by atoms with Crippen molar-refractivity contribution in [2.45, 2.75) is 13.8 Å². The van der Waals surface area contributed by atoms with Crippen LogP contribution in [0, 0.1) is 5.82 Å². The van der Waals surface area contributed by atoms with Gasteiger partial charge < -0.3 is 0 Å². The number of carbonyl (C=O) groups excluding carboxylic acids is 2. The van der Waals surface area contributed by atoms with Gasteiger partial charge in [-0.3, -0.25) is 9.59 Å². The number of Topliss-reactive ketones (excluding diaryl/α,β-unsaturated/α-hetero) is 2. The average molecular weight is 206 g/mol. The Balaban J connectivity index is 3.13. The van der Waals surface area contributed by atoms with Gasteiger partial charge in [0, 0.05) is 0 Å². The van der Waals surface area contributed by atoms with E-state index in [0.717, 1.165) is 0 Å². The molecule has 0 spiro atoms. The normalized spacial score (nSPS) is 9.53. The third kappa shape index (κ3) is 3.13. The first kappa shape index (κ1) is 11.3. The highest BCUT2D eigenvalue weighted by molar-refractivity contribution is 6.21. The van der Waals surface area contributed by atoms with Crippen LogP contribution < -0.4 is 0 Å². The fourth-order valence-electron chi connectivity index (χ4n) is 1.21. The van der Waals surface area contributed by atoms with Crippen molar-refractivity contribution in [3.8, 4) is 0 Å². The van der Waals surface area contributed by atoms with E-state index in [4.69, 9.17) is 0 Å². The number of allylic oxidation sites excluding steroid dienone is 1. The molecule has 0 aliphatic carbocycles. The molecule has 0 aliphatic heterocycles. The van der Waals surface area contributed by atoms with Crippen LogP contribution in [0.25, 0.3) is 6.08 Å². The standard InChI is InChI=1S/C12H11FO2/c1-8(14)12(9(2)15)7-10-4-3-5-11(13)6-10/h3-7H,1-2H3. The molecule has 0 atom stereocenters. The van der Waals surface area contributed by atoms with Gasteiger partial charge in [-0.05, 0) is 37.6 Å². The topological polar surface area (TPSA) is 34.1 Å². The van der Waals surface area contributed by atoms with E-state index in [1.807, 2.05) is 0 Å². The Kier molecular flexibility index (Phi) is 3.50. The van der Waals surface area contributed by atoms with Crippen LogP contribution in [0.5, 0.6) is 0 Å². The summed E-state index contributed by atoms with van der Waals surface area (Å²) in [5.74, 6) is -1.02. The molecule has 15 heavy (non-hydrogen) atoms. The second kappa shape index (κ2) is 4.64. The molecule has 2 nitrogen and oxygen atoms in total. The molecule has 3 heteroatoms. The molecule has 0 aliphatic rings. The monoisotopic (exact) mass is 206 g/mol. The first-order valence-corrected chi connectivity index (χ1v) is 4.50. The number of rotatable bonds is 3. The van der Waals surface area contributed by atoms with Gasteiger partial charge >= 0.3 is 0 Å². The zero-order valence-electron chi connectivity index (χ0n) is 8.58. The van der Waals surface area contributed by atoms with Crippen molar-refractivity contribution < 1.29 is 14.0 Å². The van der Waals surface area contributed by atoms with Crippen molar-refractivity contribution in [2.24, 2.45) is 0 Å². The van der Waals surface area contributed by atoms with Gasteiger partial charge in [-0.25, -0.2) is 4.39 Å². The molecule has 0 N–H and O–H groups in total. The predicted octanol–water partition coefficient (Wildman–Crippen LogP) is 2.39. The van der Waals surface area contributed by atoms with E-state index in [1.165, 1.54) is 38.1 Å². The molecular weight excluding hydrogens is 195 g/mol. The van der Waals surface area contributed by atoms with E-state index < -0.39 is 5.82 Å². The van der Waals surface area contributed by atoms with E-state index in [2.05, 4.69) is 0 Å². The number of halogens is 1. The lowest BCUT2D eigenvalue weighted by Crippen LogP contribution is -2.05. The van der Waals surface area contributed by atoms with Crippen molar-refractivity contribution in [3.63, 3.8) is 0 Å². The Morgan fingerprint density at radius 1 is 1.20 bits per heavy atom. The maximum Gasteiger partial charge on any atom is 0.163 e. The van der Waals surface area contributed by atoms with Crippen molar-refractivity contribution in [2.75, 3.05) is 0 Å². The molecule has 0 amide bonds. The Morgan fingerprint density at radius 2 is 1.80 bits per heavy atom. The first-order chi connectivity index (χ1) is 7.00. The van der Waals surface area contributed by atoms with E-state index >= 15 is 0 Å². The van der Waals surface area contributed by atoms with Gasteiger partial charge in [-0.2, -0.15) is 0 Å². The van der Waals surface area contributed by atoms with Gasteiger partial charge in [0.25, 0.3) is 0 Å². The molecule has 0 unspecified atom stereocenters. The summed E-state index contributed by atoms with van der Waals surface area (Å²) in [6, 6.07) is 5.73. The summed E-state index contributed by atoms with van der Waals surface area (Å²) >= 11 is 0. The summed E-state index contributed by atoms with van der Waals surface area (Å²) in [6.07, 6.45) is 1.40. The minimum atomic E-state index is -0.393. The number of hydrogen-bond donors (Lipinski definition) is 0. The van der Waals surface area contributed by atoms with Crippen molar-refractivity contribution >= 4 is 17.6 Å². The van der Waals surface area contributed by atoms with Crippen molar-refractivity contribution in [3.05, 3.63) is 41.2 Å². The quantitative estimate of drug-likeness (QED) is 0.432. The summed E-state index contributed by atoms with van der Waals surface area (Å²) in [6.45, 7) is 2.62. The van der Waals surface area contributed by atoms with Crippen LogP contribution in [-0.4, -0.2) is 11.6 Å². The Morgan fingerprint density at radius 3 is 2.27 bits per heavy atom. The van der Waals surface area contributed by atoms with Crippen LogP contribution in [0.4, 0.5) is 4.39 Å². The lowest BCUT2D eigenvalue weighted by Gasteiger charge is -1.98. The molecule has 1 rings (SSSR count). The second-order valence-corrected chi connectivity index (χ2v) is 3.23. The lowest BCUT2D eigenvalue weighted by molar-refractivity contribution is -0.119. The van der Waals surface area contributed by atoms with E-state index in [-0.39, 0.29) is 17.1 Å². The molecule has 0 fully saturated rings. The minimum absolute atomic E-state index is 0.0839. The van der Waals surface area contributed by atoms with Crippen LogP contribution >= 0.6 is 0 Å². The lowest BCUT2D eigenvalue weighted by atomic mass is 10.0. The molecular formula is C12H11FO2. The molecule has 78 valence electrons. The Hall–Kier alpha value is -1.77. The Bertz CT molecular complexity index is 417. The summed E-state index contributed by atoms with van der Waals surface area (Å²) in [7, 11) is 0. The van der Waals surface area contributed by atoms with E-state index in [1.54, 1.807) is 6.07 Å². The molecule has 1 aromatic rings. The third-order valence-corrected chi connectivity index (χ3v) is 1.92. The van der Waals surface area contributed by atoms with Gasteiger partial charge in [0.05, 0.1) is 5.57 Å². The maximum atomic E-state index is 12.8. The predicted molar refractivity (Wildman–Crippen MR) is 55.7 cm³/mol. The van der Waals surface area contributed by atoms with E-state index in [9.17, 15) is 14.0 Å². The highest BCUT2D eigenvalue weighted by Crippen LogP contribution is 2.10. The molecule has 0 saturated carbocycles. The molecule has 0 heterocycles. The van der Waals surface area contributed by atoms with Gasteiger partial charge in [0.15, 0.2) is 11.6 Å². The smallest absolute Gasteiger partial charge is 0.163 e. The summed E-state index contributed by atoms with van der Waals surface area (Å²) in [4.78, 5) is 22.2. The third-order valence-electron chi connectivity index (χ3n) is 1.92. The van der Waals surface area contributed by atoms with Gasteiger partial charge in [0.2, 0.25) is 0 Å².